The molecular formula is C20H40O8S. The molecule has 0 amide bonds. The van der Waals surface area contributed by atoms with Gasteiger partial charge in [-0.05, 0) is 12.8 Å². The zero-order valence-electron chi connectivity index (χ0n) is 17.5. The van der Waals surface area contributed by atoms with Crippen LogP contribution >= 0.6 is 0 Å². The summed E-state index contributed by atoms with van der Waals surface area (Å²) in [5.74, 6) is -1.49. The lowest BCUT2D eigenvalue weighted by molar-refractivity contribution is -0.136. The summed E-state index contributed by atoms with van der Waals surface area (Å²) < 4.78 is 35.9. The van der Waals surface area contributed by atoms with Gasteiger partial charge in [-0.3, -0.25) is 9.35 Å². The molecule has 0 spiro atoms. The van der Waals surface area contributed by atoms with E-state index in [2.05, 4.69) is 0 Å². The van der Waals surface area contributed by atoms with Crippen LogP contribution in [0.5, 0.6) is 0 Å². The maximum atomic E-state index is 11.0. The molecule has 0 saturated carbocycles. The van der Waals surface area contributed by atoms with E-state index < -0.39 is 27.4 Å². The quantitative estimate of drug-likeness (QED) is 0.157. The van der Waals surface area contributed by atoms with Crippen LogP contribution in [-0.4, -0.2) is 65.4 Å². The highest BCUT2D eigenvalue weighted by atomic mass is 32.2. The number of hydrogen-bond donors (Lipinski definition) is 4. The van der Waals surface area contributed by atoms with E-state index in [4.69, 9.17) is 19.5 Å². The first kappa shape index (κ1) is 28.3. The molecule has 0 aliphatic carbocycles. The zero-order chi connectivity index (χ0) is 22.0. The fourth-order valence-corrected chi connectivity index (χ4v) is 3.96. The third-order valence-corrected chi connectivity index (χ3v) is 6.09. The van der Waals surface area contributed by atoms with Gasteiger partial charge in [0, 0.05) is 0 Å². The van der Waals surface area contributed by atoms with Crippen LogP contribution in [0.1, 0.15) is 89.9 Å². The molecule has 0 bridgehead atoms. The van der Waals surface area contributed by atoms with Crippen molar-refractivity contribution in [2.45, 2.75) is 101 Å². The molecule has 0 fully saturated rings. The van der Waals surface area contributed by atoms with Crippen molar-refractivity contribution < 1.29 is 37.8 Å². The average molecular weight is 441 g/mol. The minimum Gasteiger partial charge on any atom is -0.480 e. The minimum atomic E-state index is -4.52. The molecule has 29 heavy (non-hydrogen) atoms. The van der Waals surface area contributed by atoms with Crippen molar-refractivity contribution >= 4 is 16.1 Å². The first-order valence-corrected chi connectivity index (χ1v) is 12.3. The molecule has 9 heteroatoms. The molecule has 0 aromatic heterocycles. The minimum absolute atomic E-state index is 0.0169. The van der Waals surface area contributed by atoms with E-state index in [0.29, 0.717) is 13.0 Å². The molecule has 2 atom stereocenters. The predicted molar refractivity (Wildman–Crippen MR) is 112 cm³/mol. The van der Waals surface area contributed by atoms with Gasteiger partial charge in [-0.1, -0.05) is 77.0 Å². The van der Waals surface area contributed by atoms with Gasteiger partial charge in [0.2, 0.25) is 0 Å². The van der Waals surface area contributed by atoms with Gasteiger partial charge in [-0.15, -0.1) is 0 Å². The fourth-order valence-electron chi connectivity index (χ4n) is 3.24. The van der Waals surface area contributed by atoms with Crippen LogP contribution in [-0.2, 0) is 19.6 Å². The monoisotopic (exact) mass is 440 g/mol. The third kappa shape index (κ3) is 17.8. The van der Waals surface area contributed by atoms with Gasteiger partial charge in [-0.2, -0.15) is 8.42 Å². The van der Waals surface area contributed by atoms with Gasteiger partial charge in [-0.25, -0.2) is 0 Å². The van der Waals surface area contributed by atoms with Crippen molar-refractivity contribution in [2.24, 2.45) is 0 Å². The SMILES string of the molecule is O=C(O)C(CCCCCCCCCCCCCCC(O)COCCO)S(=O)(=O)O. The molecule has 0 heterocycles. The summed E-state index contributed by atoms with van der Waals surface area (Å²) in [5.41, 5.74) is 0. The summed E-state index contributed by atoms with van der Waals surface area (Å²) in [6.45, 7) is 0.550. The summed E-state index contributed by atoms with van der Waals surface area (Å²) >= 11 is 0. The van der Waals surface area contributed by atoms with Gasteiger partial charge in [0.25, 0.3) is 10.1 Å². The van der Waals surface area contributed by atoms with Crippen molar-refractivity contribution in [3.63, 3.8) is 0 Å². The Balaban J connectivity index is 3.37. The van der Waals surface area contributed by atoms with Crippen LogP contribution in [0.25, 0.3) is 0 Å². The van der Waals surface area contributed by atoms with Gasteiger partial charge < -0.3 is 20.1 Å². The van der Waals surface area contributed by atoms with Gasteiger partial charge >= 0.3 is 5.97 Å². The van der Waals surface area contributed by atoms with E-state index in [-0.39, 0.29) is 19.6 Å². The second-order valence-corrected chi connectivity index (χ2v) is 9.21. The van der Waals surface area contributed by atoms with E-state index in [1.54, 1.807) is 0 Å². The Morgan fingerprint density at radius 2 is 1.21 bits per heavy atom. The fraction of sp³-hybridized carbons (Fsp3) is 0.950. The van der Waals surface area contributed by atoms with Crippen molar-refractivity contribution in [2.75, 3.05) is 19.8 Å². The zero-order valence-corrected chi connectivity index (χ0v) is 18.3. The van der Waals surface area contributed by atoms with E-state index >= 15 is 0 Å². The Labute approximate surface area is 175 Å². The van der Waals surface area contributed by atoms with Crippen LogP contribution in [0.2, 0.25) is 0 Å². The molecule has 174 valence electrons. The van der Waals surface area contributed by atoms with Crippen molar-refractivity contribution in [3.8, 4) is 0 Å². The summed E-state index contributed by atoms with van der Waals surface area (Å²) in [5, 5.41) is 25.4. The maximum Gasteiger partial charge on any atom is 0.324 e. The molecule has 0 rings (SSSR count). The van der Waals surface area contributed by atoms with Crippen molar-refractivity contribution in [1.82, 2.24) is 0 Å². The number of aliphatic hydroxyl groups excluding tert-OH is 2. The lowest BCUT2D eigenvalue weighted by Gasteiger charge is -2.10. The van der Waals surface area contributed by atoms with Crippen LogP contribution in [0, 0.1) is 0 Å². The summed E-state index contributed by atoms with van der Waals surface area (Å²) in [4.78, 5) is 10.8. The number of aliphatic hydroxyl groups is 2. The molecule has 2 unspecified atom stereocenters. The van der Waals surface area contributed by atoms with E-state index in [1.807, 2.05) is 0 Å². The molecular weight excluding hydrogens is 400 g/mol. The van der Waals surface area contributed by atoms with Crippen molar-refractivity contribution in [1.29, 1.82) is 0 Å². The Hall–Kier alpha value is -0.740. The molecule has 0 aromatic carbocycles. The Kier molecular flexibility index (Phi) is 17.6. The van der Waals surface area contributed by atoms with Crippen LogP contribution in [0.3, 0.4) is 0 Å². The molecule has 0 aliphatic rings. The number of unbranched alkanes of at least 4 members (excludes halogenated alkanes) is 11. The Bertz CT molecular complexity index is 495. The third-order valence-electron chi connectivity index (χ3n) is 4.93. The van der Waals surface area contributed by atoms with E-state index in [9.17, 15) is 18.3 Å². The first-order chi connectivity index (χ1) is 13.8. The van der Waals surface area contributed by atoms with Gasteiger partial charge in [0.1, 0.15) is 0 Å². The van der Waals surface area contributed by atoms with Crippen LogP contribution < -0.4 is 0 Å². The number of carboxylic acids is 1. The molecule has 0 saturated heterocycles. The molecule has 0 aromatic rings. The van der Waals surface area contributed by atoms with E-state index in [1.165, 1.54) is 32.1 Å². The first-order valence-electron chi connectivity index (χ1n) is 10.8. The largest absolute Gasteiger partial charge is 0.480 e. The molecule has 4 N–H and O–H groups in total. The predicted octanol–water partition coefficient (Wildman–Crippen LogP) is 3.16. The summed E-state index contributed by atoms with van der Waals surface area (Å²) in [7, 11) is -4.52. The highest BCUT2D eigenvalue weighted by molar-refractivity contribution is 7.87. The van der Waals surface area contributed by atoms with Crippen LogP contribution in [0.15, 0.2) is 0 Å². The summed E-state index contributed by atoms with van der Waals surface area (Å²) in [6, 6.07) is 0. The average Bonchev–Trinajstić information content (AvgIpc) is 2.63. The highest BCUT2D eigenvalue weighted by Gasteiger charge is 2.29. The molecule has 0 radical (unpaired) electrons. The topological polar surface area (TPSA) is 141 Å². The summed E-state index contributed by atoms with van der Waals surface area (Å²) in [6.07, 6.45) is 12.7. The highest BCUT2D eigenvalue weighted by Crippen LogP contribution is 2.15. The van der Waals surface area contributed by atoms with E-state index in [0.717, 1.165) is 44.9 Å². The number of carbonyl (C=O) groups is 1. The number of carboxylic acid groups (broad SMARTS) is 1. The second-order valence-electron chi connectivity index (χ2n) is 7.61. The Morgan fingerprint density at radius 3 is 1.59 bits per heavy atom. The normalized spacial score (nSPS) is 14.0. The number of ether oxygens (including phenoxy) is 1. The smallest absolute Gasteiger partial charge is 0.324 e. The van der Waals surface area contributed by atoms with Crippen molar-refractivity contribution in [3.05, 3.63) is 0 Å². The lowest BCUT2D eigenvalue weighted by Crippen LogP contribution is -2.29. The van der Waals surface area contributed by atoms with Gasteiger partial charge in [0.05, 0.1) is 25.9 Å². The number of rotatable bonds is 21. The van der Waals surface area contributed by atoms with Crippen LogP contribution in [0.4, 0.5) is 0 Å². The number of aliphatic carboxylic acids is 1. The second kappa shape index (κ2) is 18.1. The molecule has 8 nitrogen and oxygen atoms in total. The molecule has 0 aliphatic heterocycles. The van der Waals surface area contributed by atoms with Gasteiger partial charge in [0.15, 0.2) is 5.25 Å². The standard InChI is InChI=1S/C20H40O8S/c21-15-16-28-17-18(22)13-11-9-7-5-3-1-2-4-6-8-10-12-14-19(20(23)24)29(25,26)27/h18-19,21-22H,1-17H2,(H,23,24)(H,25,26,27). The lowest BCUT2D eigenvalue weighted by atomic mass is 10.0. The maximum absolute atomic E-state index is 11.0. The Morgan fingerprint density at radius 1 is 0.793 bits per heavy atom. The number of hydrogen-bond acceptors (Lipinski definition) is 6.